The van der Waals surface area contributed by atoms with Crippen LogP contribution in [0.4, 0.5) is 4.39 Å². The molecule has 1 aromatic heterocycles. The van der Waals surface area contributed by atoms with Gasteiger partial charge in [-0.2, -0.15) is 5.10 Å². The van der Waals surface area contributed by atoms with Crippen LogP contribution >= 0.6 is 0 Å². The van der Waals surface area contributed by atoms with Crippen LogP contribution in [0.3, 0.4) is 0 Å². The van der Waals surface area contributed by atoms with Crippen LogP contribution in [0.2, 0.25) is 0 Å². The van der Waals surface area contributed by atoms with Gasteiger partial charge in [0.1, 0.15) is 5.82 Å². The minimum absolute atomic E-state index is 0.00819. The molecule has 23 heavy (non-hydrogen) atoms. The average Bonchev–Trinajstić information content (AvgIpc) is 3.29. The quantitative estimate of drug-likeness (QED) is 0.912. The first-order chi connectivity index (χ1) is 11.2. The van der Waals surface area contributed by atoms with E-state index in [1.807, 2.05) is 6.07 Å². The summed E-state index contributed by atoms with van der Waals surface area (Å²) < 4.78 is 13.5. The highest BCUT2D eigenvalue weighted by Gasteiger charge is 2.30. The minimum atomic E-state index is -0.270. The Balaban J connectivity index is 1.53. The molecule has 1 atom stereocenters. The summed E-state index contributed by atoms with van der Waals surface area (Å²) in [6.07, 6.45) is 4.81. The van der Waals surface area contributed by atoms with E-state index in [2.05, 4.69) is 15.5 Å². The van der Waals surface area contributed by atoms with Gasteiger partial charge in [0.2, 0.25) is 5.91 Å². The van der Waals surface area contributed by atoms with Gasteiger partial charge in [0.15, 0.2) is 0 Å². The molecule has 0 unspecified atom stereocenters. The molecule has 0 saturated heterocycles. The lowest BCUT2D eigenvalue weighted by Gasteiger charge is -2.22. The number of benzene rings is 1. The molecule has 5 heteroatoms. The summed E-state index contributed by atoms with van der Waals surface area (Å²) in [5.74, 6) is 0.559. The van der Waals surface area contributed by atoms with Crippen LogP contribution in [0.25, 0.3) is 11.3 Å². The van der Waals surface area contributed by atoms with Crippen molar-refractivity contribution in [3.8, 4) is 11.3 Å². The minimum Gasteiger partial charge on any atom is -0.356 e. The number of aromatic nitrogens is 2. The van der Waals surface area contributed by atoms with Gasteiger partial charge in [-0.25, -0.2) is 4.39 Å². The Kier molecular flexibility index (Phi) is 3.63. The molecule has 1 heterocycles. The molecule has 2 N–H and O–H groups in total. The predicted octanol–water partition coefficient (Wildman–Crippen LogP) is 2.85. The Hall–Kier alpha value is -2.17. The molecule has 0 radical (unpaired) electrons. The van der Waals surface area contributed by atoms with Crippen molar-refractivity contribution >= 4 is 5.91 Å². The summed E-state index contributed by atoms with van der Waals surface area (Å²) in [5, 5.41) is 10.5. The highest BCUT2D eigenvalue weighted by atomic mass is 19.1. The van der Waals surface area contributed by atoms with Crippen molar-refractivity contribution in [1.29, 1.82) is 0 Å². The number of aryl methyl sites for hydroxylation is 1. The Morgan fingerprint density at radius 2 is 2.22 bits per heavy atom. The Morgan fingerprint density at radius 3 is 3.00 bits per heavy atom. The van der Waals surface area contributed by atoms with Crippen molar-refractivity contribution in [1.82, 2.24) is 15.5 Å². The maximum Gasteiger partial charge on any atom is 0.223 e. The molecule has 1 saturated carbocycles. The third-order valence-electron chi connectivity index (χ3n) is 4.88. The van der Waals surface area contributed by atoms with Crippen LogP contribution in [0.15, 0.2) is 24.3 Å². The zero-order valence-electron chi connectivity index (χ0n) is 12.9. The summed E-state index contributed by atoms with van der Waals surface area (Å²) in [7, 11) is 0. The second-order valence-corrected chi connectivity index (χ2v) is 6.67. The largest absolute Gasteiger partial charge is 0.356 e. The van der Waals surface area contributed by atoms with E-state index in [0.717, 1.165) is 41.9 Å². The molecule has 4 rings (SSSR count). The van der Waals surface area contributed by atoms with Crippen LogP contribution in [0.5, 0.6) is 0 Å². The number of hydrogen-bond donors (Lipinski definition) is 2. The zero-order chi connectivity index (χ0) is 15.8. The van der Waals surface area contributed by atoms with Gasteiger partial charge in [-0.05, 0) is 50.2 Å². The van der Waals surface area contributed by atoms with Crippen LogP contribution < -0.4 is 5.32 Å². The number of fused-ring (bicyclic) bond motifs is 1. The van der Waals surface area contributed by atoms with Crippen molar-refractivity contribution in [2.45, 2.75) is 32.1 Å². The van der Waals surface area contributed by atoms with E-state index < -0.39 is 0 Å². The third-order valence-corrected chi connectivity index (χ3v) is 4.88. The summed E-state index contributed by atoms with van der Waals surface area (Å²) in [6.45, 7) is 0.810. The van der Waals surface area contributed by atoms with Gasteiger partial charge in [0, 0.05) is 29.3 Å². The van der Waals surface area contributed by atoms with Crippen molar-refractivity contribution in [3.05, 3.63) is 41.3 Å². The molecular weight excluding hydrogens is 293 g/mol. The number of H-pyrrole nitrogens is 1. The van der Waals surface area contributed by atoms with Gasteiger partial charge in [-0.1, -0.05) is 12.1 Å². The Morgan fingerprint density at radius 1 is 1.35 bits per heavy atom. The summed E-state index contributed by atoms with van der Waals surface area (Å²) in [4.78, 5) is 12.4. The lowest BCUT2D eigenvalue weighted by Crippen LogP contribution is -2.35. The number of hydrogen-bond acceptors (Lipinski definition) is 2. The van der Waals surface area contributed by atoms with Crippen molar-refractivity contribution in [2.75, 3.05) is 6.54 Å². The number of nitrogens with zero attached hydrogens (tertiary/aromatic N) is 1. The number of nitrogens with one attached hydrogen (secondary N) is 2. The molecule has 0 aliphatic heterocycles. The molecule has 1 fully saturated rings. The standard InChI is InChI=1S/C18H20FN3O/c19-14-3-1-2-12(8-14)17-15-9-13(6-7-16(15)21-22-17)18(23)20-10-11-4-5-11/h1-3,8,11,13H,4-7,9-10H2,(H,20,23)(H,21,22)/t13-/m1/s1. The molecule has 4 nitrogen and oxygen atoms in total. The second kappa shape index (κ2) is 5.80. The first-order valence-corrected chi connectivity index (χ1v) is 8.30. The fraction of sp³-hybridized carbons (Fsp3) is 0.444. The number of amides is 1. The number of carbonyl (C=O) groups is 1. The molecule has 0 spiro atoms. The SMILES string of the molecule is O=C(NCC1CC1)[C@@H]1CCc2[nH]nc(-c3cccc(F)c3)c2C1. The molecule has 120 valence electrons. The highest BCUT2D eigenvalue weighted by molar-refractivity contribution is 5.80. The monoisotopic (exact) mass is 313 g/mol. The predicted molar refractivity (Wildman–Crippen MR) is 85.2 cm³/mol. The molecule has 2 aromatic rings. The van der Waals surface area contributed by atoms with E-state index >= 15 is 0 Å². The first kappa shape index (κ1) is 14.4. The van der Waals surface area contributed by atoms with Crippen LogP contribution in [0.1, 0.15) is 30.5 Å². The normalized spacial score (nSPS) is 20.1. The smallest absolute Gasteiger partial charge is 0.223 e. The van der Waals surface area contributed by atoms with Gasteiger partial charge < -0.3 is 5.32 Å². The highest BCUT2D eigenvalue weighted by Crippen LogP contribution is 2.33. The number of carbonyl (C=O) groups excluding carboxylic acids is 1. The average molecular weight is 313 g/mol. The van der Waals surface area contributed by atoms with Gasteiger partial charge in [-0.3, -0.25) is 9.89 Å². The van der Waals surface area contributed by atoms with Crippen LogP contribution in [-0.4, -0.2) is 22.6 Å². The molecule has 1 aromatic carbocycles. The maximum absolute atomic E-state index is 13.5. The number of aromatic amines is 1. The van der Waals surface area contributed by atoms with E-state index in [0.29, 0.717) is 12.3 Å². The summed E-state index contributed by atoms with van der Waals surface area (Å²) in [5.41, 5.74) is 3.68. The van der Waals surface area contributed by atoms with Crippen LogP contribution in [0, 0.1) is 17.7 Å². The Bertz CT molecular complexity index is 736. The molecule has 2 aliphatic rings. The van der Waals surface area contributed by atoms with Crippen molar-refractivity contribution < 1.29 is 9.18 Å². The van der Waals surface area contributed by atoms with Gasteiger partial charge >= 0.3 is 0 Å². The van der Waals surface area contributed by atoms with E-state index in [4.69, 9.17) is 0 Å². The summed E-state index contributed by atoms with van der Waals surface area (Å²) >= 11 is 0. The molecule has 0 bridgehead atoms. The zero-order valence-corrected chi connectivity index (χ0v) is 12.9. The molecule has 2 aliphatic carbocycles. The lowest BCUT2D eigenvalue weighted by molar-refractivity contribution is -0.125. The second-order valence-electron chi connectivity index (χ2n) is 6.67. The van der Waals surface area contributed by atoms with Crippen molar-refractivity contribution in [2.24, 2.45) is 11.8 Å². The fourth-order valence-corrected chi connectivity index (χ4v) is 3.30. The maximum atomic E-state index is 13.5. The van der Waals surface area contributed by atoms with Gasteiger partial charge in [-0.15, -0.1) is 0 Å². The Labute approximate surface area is 134 Å². The number of halogens is 1. The van der Waals surface area contributed by atoms with Gasteiger partial charge in [0.05, 0.1) is 5.69 Å². The van der Waals surface area contributed by atoms with E-state index in [1.54, 1.807) is 6.07 Å². The first-order valence-electron chi connectivity index (χ1n) is 8.30. The molecule has 1 amide bonds. The third kappa shape index (κ3) is 3.00. The van der Waals surface area contributed by atoms with Gasteiger partial charge in [0.25, 0.3) is 0 Å². The van der Waals surface area contributed by atoms with Crippen LogP contribution in [-0.2, 0) is 17.6 Å². The van der Waals surface area contributed by atoms with E-state index in [1.165, 1.54) is 25.0 Å². The molecular formula is C18H20FN3O. The van der Waals surface area contributed by atoms with E-state index in [-0.39, 0.29) is 17.6 Å². The lowest BCUT2D eigenvalue weighted by atomic mass is 9.85. The van der Waals surface area contributed by atoms with Crippen molar-refractivity contribution in [3.63, 3.8) is 0 Å². The fourth-order valence-electron chi connectivity index (χ4n) is 3.30. The number of rotatable bonds is 4. The van der Waals surface area contributed by atoms with E-state index in [9.17, 15) is 9.18 Å². The summed E-state index contributed by atoms with van der Waals surface area (Å²) in [6, 6.07) is 6.47. The topological polar surface area (TPSA) is 57.8 Å².